The van der Waals surface area contributed by atoms with Crippen LogP contribution in [0.15, 0.2) is 97.1 Å². The first kappa shape index (κ1) is 57.1. The average molecular weight is 1020 g/mol. The van der Waals surface area contributed by atoms with Crippen LogP contribution in [0.5, 0.6) is 0 Å². The number of halogens is 12. The normalized spacial score (nSPS) is 14.4. The van der Waals surface area contributed by atoms with Gasteiger partial charge in [0.05, 0.1) is 0 Å². The molecular weight excluding hydrogens is 973 g/mol. The number of hydrogen-bond donors (Lipinski definition) is 1. The highest BCUT2D eigenvalue weighted by atomic mass is 19.4. The van der Waals surface area contributed by atoms with Crippen molar-refractivity contribution in [3.8, 4) is 22.3 Å². The molecule has 0 bridgehead atoms. The quantitative estimate of drug-likeness (QED) is 0.0846. The molecule has 1 N–H and O–H groups in total. The second-order valence-electron chi connectivity index (χ2n) is 17.5. The number of rotatable bonds is 12. The maximum absolute atomic E-state index is 13.3. The van der Waals surface area contributed by atoms with Crippen LogP contribution in [0.3, 0.4) is 0 Å². The minimum absolute atomic E-state index is 0. The van der Waals surface area contributed by atoms with E-state index in [0.717, 1.165) is 58.6 Å². The molecule has 4 aromatic rings. The molecule has 388 valence electrons. The lowest BCUT2D eigenvalue weighted by Crippen LogP contribution is -2.50. The molecule has 6 rings (SSSR count). The number of benzene rings is 4. The van der Waals surface area contributed by atoms with Crippen molar-refractivity contribution in [3.05, 3.63) is 119 Å². The number of amides is 2. The monoisotopic (exact) mass is 1020 g/mol. The molecule has 0 saturated heterocycles. The lowest BCUT2D eigenvalue weighted by molar-refractivity contribution is -0.289. The summed E-state index contributed by atoms with van der Waals surface area (Å²) in [5.41, 5.74) is 5.83. The molecule has 22 heteroatoms. The van der Waals surface area contributed by atoms with Crippen molar-refractivity contribution in [1.29, 1.82) is 0 Å². The molecule has 0 radical (unpaired) electrons. The van der Waals surface area contributed by atoms with Crippen LogP contribution in [-0.4, -0.2) is 109 Å². The summed E-state index contributed by atoms with van der Waals surface area (Å²) in [5.74, 6) is -12.0. The second kappa shape index (κ2) is 21.9. The third-order valence-corrected chi connectivity index (χ3v) is 11.6. The van der Waals surface area contributed by atoms with Crippen molar-refractivity contribution in [3.63, 3.8) is 0 Å². The zero-order chi connectivity index (χ0) is 52.3. The average Bonchev–Trinajstić information content (AvgIpc) is 3.74. The van der Waals surface area contributed by atoms with Crippen molar-refractivity contribution in [2.75, 3.05) is 27.3 Å². The molecule has 0 aliphatic heterocycles. The molecule has 2 atom stereocenters. The molecule has 0 fully saturated rings. The Morgan fingerprint density at radius 2 is 0.775 bits per heavy atom. The van der Waals surface area contributed by atoms with Crippen LogP contribution >= 0.6 is 0 Å². The van der Waals surface area contributed by atoms with Gasteiger partial charge in [-0.25, -0.2) is 19.2 Å². The molecule has 0 aromatic heterocycles. The number of esters is 1. The minimum Gasteiger partial charge on any atom is -0.480 e. The highest BCUT2D eigenvalue weighted by Gasteiger charge is 2.59. The first-order valence-corrected chi connectivity index (χ1v) is 21.2. The number of aliphatic carboxylic acids is 1. The molecule has 2 amide bonds. The standard InChI is InChI=1S/C26H27F6NO4.C22H19F6NO4.CH4/c1-24(2,3)37-22(34)20(13-21(25(27,28)29)26(30,31)32)33(4)23(35)36-14-19-17-11-7-5-9-15(17)16-10-6-8-12-18(16)19;1-29(17(19(30)31)10-18(21(23,24)25)22(26,27)28)20(32)33-11-16-14-8-4-2-6-12(14)13-7-3-5-9-15(13)16;/h5-12,19-21H,13-14H2,1-4H3;2-9,16-18H,10-11H2,1H3,(H,30,31);1H4/t20-;17-;/m00./s1. The van der Waals surface area contributed by atoms with E-state index in [1.54, 1.807) is 24.3 Å². The molecular formula is C49H50F12N2O8. The largest absolute Gasteiger partial charge is 0.480 e. The van der Waals surface area contributed by atoms with Crippen molar-refractivity contribution < 1.29 is 91.2 Å². The number of carbonyl (C=O) groups excluding carboxylic acids is 3. The Morgan fingerprint density at radius 3 is 1.04 bits per heavy atom. The summed E-state index contributed by atoms with van der Waals surface area (Å²) in [6.07, 6.45) is -29.1. The van der Waals surface area contributed by atoms with Gasteiger partial charge in [0.25, 0.3) is 0 Å². The summed E-state index contributed by atoms with van der Waals surface area (Å²) in [6.45, 7) is 3.70. The summed E-state index contributed by atoms with van der Waals surface area (Å²) in [7, 11) is 1.71. The Balaban J connectivity index is 0.000000306. The van der Waals surface area contributed by atoms with E-state index in [9.17, 15) is 77.0 Å². The summed E-state index contributed by atoms with van der Waals surface area (Å²) in [6, 6.07) is 24.8. The lowest BCUT2D eigenvalue weighted by Gasteiger charge is -2.33. The molecule has 0 saturated carbocycles. The fourth-order valence-electron chi connectivity index (χ4n) is 8.21. The summed E-state index contributed by atoms with van der Waals surface area (Å²) in [5, 5.41) is 9.23. The highest BCUT2D eigenvalue weighted by molar-refractivity contribution is 5.83. The van der Waals surface area contributed by atoms with E-state index in [1.807, 2.05) is 72.8 Å². The number of carboxylic acids is 1. The zero-order valence-electron chi connectivity index (χ0n) is 37.8. The number of carbonyl (C=O) groups is 4. The van der Waals surface area contributed by atoms with Crippen LogP contribution in [0.25, 0.3) is 22.3 Å². The third kappa shape index (κ3) is 13.7. The molecule has 0 unspecified atom stereocenters. The SMILES string of the molecule is C.CN(C(=O)OCC1c2ccccc2-c2ccccc21)[C@@H](CC(C(F)(F)F)C(F)(F)F)C(=O)O.CN(C(=O)OCC1c2ccccc2-c2ccccc21)[C@@H](CC(C(F)(F)F)C(F)(F)F)C(=O)OC(C)(C)C. The summed E-state index contributed by atoms with van der Waals surface area (Å²) >= 11 is 0. The van der Waals surface area contributed by atoms with Gasteiger partial charge in [-0.1, -0.05) is 104 Å². The Hall–Kier alpha value is -6.48. The minimum atomic E-state index is -5.73. The summed E-state index contributed by atoms with van der Waals surface area (Å²) in [4.78, 5) is 50.1. The fourth-order valence-corrected chi connectivity index (χ4v) is 8.21. The fraction of sp³-hybridized carbons (Fsp3) is 0.429. The Morgan fingerprint density at radius 1 is 0.507 bits per heavy atom. The van der Waals surface area contributed by atoms with Gasteiger partial charge in [0.2, 0.25) is 0 Å². The predicted octanol–water partition coefficient (Wildman–Crippen LogP) is 12.8. The number of ether oxygens (including phenoxy) is 3. The number of carboxylic acid groups (broad SMARTS) is 1. The van der Waals surface area contributed by atoms with E-state index in [4.69, 9.17) is 14.2 Å². The van der Waals surface area contributed by atoms with Crippen molar-refractivity contribution in [2.24, 2.45) is 11.8 Å². The molecule has 0 heterocycles. The maximum Gasteiger partial charge on any atom is 0.410 e. The first-order chi connectivity index (χ1) is 32.3. The number of fused-ring (bicyclic) bond motifs is 6. The van der Waals surface area contributed by atoms with Crippen LogP contribution in [0, 0.1) is 11.8 Å². The van der Waals surface area contributed by atoms with Gasteiger partial charge in [-0.3, -0.25) is 9.80 Å². The topological polar surface area (TPSA) is 123 Å². The second-order valence-corrected chi connectivity index (χ2v) is 17.5. The number of likely N-dealkylation sites (N-methyl/N-ethyl adjacent to an activating group) is 2. The number of nitrogens with zero attached hydrogens (tertiary/aromatic N) is 2. The predicted molar refractivity (Wildman–Crippen MR) is 234 cm³/mol. The van der Waals surface area contributed by atoms with Gasteiger partial charge in [-0.05, 0) is 78.1 Å². The van der Waals surface area contributed by atoms with E-state index in [1.165, 1.54) is 20.8 Å². The smallest absolute Gasteiger partial charge is 0.410 e. The first-order valence-electron chi connectivity index (χ1n) is 21.2. The van der Waals surface area contributed by atoms with Crippen LogP contribution in [-0.2, 0) is 23.8 Å². The zero-order valence-corrected chi connectivity index (χ0v) is 37.8. The molecule has 71 heavy (non-hydrogen) atoms. The highest BCUT2D eigenvalue weighted by Crippen LogP contribution is 2.47. The van der Waals surface area contributed by atoms with Crippen LogP contribution in [0.2, 0.25) is 0 Å². The van der Waals surface area contributed by atoms with Gasteiger partial charge in [0.1, 0.15) is 30.9 Å². The number of hydrogen-bond acceptors (Lipinski definition) is 7. The summed E-state index contributed by atoms with van der Waals surface area (Å²) < 4.78 is 172. The number of alkyl halides is 12. The van der Waals surface area contributed by atoms with Crippen LogP contribution < -0.4 is 0 Å². The van der Waals surface area contributed by atoms with Gasteiger partial charge in [0, 0.05) is 25.9 Å². The van der Waals surface area contributed by atoms with E-state index >= 15 is 0 Å². The maximum atomic E-state index is 13.3. The molecule has 10 nitrogen and oxygen atoms in total. The van der Waals surface area contributed by atoms with E-state index in [-0.39, 0.29) is 25.5 Å². The van der Waals surface area contributed by atoms with E-state index in [0.29, 0.717) is 4.90 Å². The van der Waals surface area contributed by atoms with Gasteiger partial charge >= 0.3 is 48.8 Å². The Bertz CT molecular complexity index is 2400. The molecule has 0 spiro atoms. The Kier molecular flexibility index (Phi) is 17.6. The van der Waals surface area contributed by atoms with Crippen LogP contribution in [0.4, 0.5) is 62.3 Å². The van der Waals surface area contributed by atoms with Gasteiger partial charge in [-0.15, -0.1) is 0 Å². The van der Waals surface area contributed by atoms with Gasteiger partial charge in [0.15, 0.2) is 11.8 Å². The Labute approximate surface area is 400 Å². The van der Waals surface area contributed by atoms with Crippen molar-refractivity contribution in [2.45, 2.75) is 95.3 Å². The molecule has 4 aromatic carbocycles. The lowest BCUT2D eigenvalue weighted by atomic mass is 9.97. The molecule has 2 aliphatic carbocycles. The third-order valence-electron chi connectivity index (χ3n) is 11.6. The van der Waals surface area contributed by atoms with Gasteiger partial charge < -0.3 is 19.3 Å². The van der Waals surface area contributed by atoms with Crippen LogP contribution in [0.1, 0.15) is 75.1 Å². The molecule has 2 aliphatic rings. The van der Waals surface area contributed by atoms with Gasteiger partial charge in [-0.2, -0.15) is 52.7 Å². The van der Waals surface area contributed by atoms with E-state index < -0.39 is 103 Å². The van der Waals surface area contributed by atoms with E-state index in [2.05, 4.69) is 0 Å². The van der Waals surface area contributed by atoms with Crippen molar-refractivity contribution >= 4 is 24.1 Å². The van der Waals surface area contributed by atoms with Crippen molar-refractivity contribution in [1.82, 2.24) is 9.80 Å².